The lowest BCUT2D eigenvalue weighted by atomic mass is 10.3. The van der Waals surface area contributed by atoms with Crippen molar-refractivity contribution in [3.63, 3.8) is 0 Å². The number of aryl methyl sites for hydroxylation is 1. The van der Waals surface area contributed by atoms with E-state index in [1.54, 1.807) is 24.4 Å². The highest BCUT2D eigenvalue weighted by Crippen LogP contribution is 2.25. The van der Waals surface area contributed by atoms with Crippen molar-refractivity contribution in [3.05, 3.63) is 52.1 Å². The van der Waals surface area contributed by atoms with E-state index in [0.29, 0.717) is 26.7 Å². The maximum Gasteiger partial charge on any atom is 0.176 e. The zero-order valence-electron chi connectivity index (χ0n) is 10.1. The number of hydrogen-bond acceptors (Lipinski definition) is 2. The van der Waals surface area contributed by atoms with Crippen molar-refractivity contribution in [2.24, 2.45) is 0 Å². The second-order valence-electron chi connectivity index (χ2n) is 3.92. The fourth-order valence-corrected chi connectivity index (χ4v) is 2.02. The first-order valence-electron chi connectivity index (χ1n) is 5.50. The Labute approximate surface area is 127 Å². The number of rotatable bonds is 2. The van der Waals surface area contributed by atoms with Crippen LogP contribution in [0, 0.1) is 6.92 Å². The molecule has 6 heteroatoms. The number of hydrogen-bond donors (Lipinski definition) is 2. The quantitative estimate of drug-likeness (QED) is 0.800. The molecule has 2 aromatic rings. The molecule has 0 aliphatic carbocycles. The van der Waals surface area contributed by atoms with Crippen molar-refractivity contribution in [1.82, 2.24) is 4.98 Å². The third kappa shape index (κ3) is 4.06. The largest absolute Gasteiger partial charge is 0.331 e. The average Bonchev–Trinajstić information content (AvgIpc) is 2.34. The molecule has 1 aromatic carbocycles. The molecule has 0 radical (unpaired) electrons. The molecule has 0 unspecified atom stereocenters. The van der Waals surface area contributed by atoms with E-state index in [1.165, 1.54) is 0 Å². The summed E-state index contributed by atoms with van der Waals surface area (Å²) in [4.78, 5) is 4.16. The van der Waals surface area contributed by atoms with Crippen LogP contribution in [0.4, 0.5) is 11.5 Å². The first-order chi connectivity index (χ1) is 9.04. The maximum atomic E-state index is 6.04. The van der Waals surface area contributed by atoms with Crippen molar-refractivity contribution < 1.29 is 0 Å². The van der Waals surface area contributed by atoms with E-state index in [9.17, 15) is 0 Å². The third-order valence-electron chi connectivity index (χ3n) is 2.33. The van der Waals surface area contributed by atoms with Crippen LogP contribution in [0.15, 0.2) is 36.5 Å². The topological polar surface area (TPSA) is 37.0 Å². The van der Waals surface area contributed by atoms with E-state index < -0.39 is 0 Å². The molecule has 0 amide bonds. The molecule has 2 rings (SSSR count). The number of nitrogens with one attached hydrogen (secondary N) is 2. The lowest BCUT2D eigenvalue weighted by Gasteiger charge is -2.11. The Morgan fingerprint density at radius 2 is 1.95 bits per heavy atom. The Morgan fingerprint density at radius 1 is 1.16 bits per heavy atom. The highest BCUT2D eigenvalue weighted by Gasteiger charge is 2.04. The molecular weight excluding hydrogens is 301 g/mol. The number of nitrogens with zero attached hydrogens (tertiary/aromatic N) is 1. The normalized spacial score (nSPS) is 10.1. The summed E-state index contributed by atoms with van der Waals surface area (Å²) < 4.78 is 0. The number of anilines is 2. The van der Waals surface area contributed by atoms with Crippen molar-refractivity contribution in [1.29, 1.82) is 0 Å². The summed E-state index contributed by atoms with van der Waals surface area (Å²) in [6.45, 7) is 1.98. The van der Waals surface area contributed by atoms with Gasteiger partial charge in [0.1, 0.15) is 5.82 Å². The second-order valence-corrected chi connectivity index (χ2v) is 5.17. The first-order valence-corrected chi connectivity index (χ1v) is 6.67. The number of aromatic nitrogens is 1. The number of pyridine rings is 1. The van der Waals surface area contributed by atoms with E-state index in [0.717, 1.165) is 5.56 Å². The minimum Gasteiger partial charge on any atom is -0.331 e. The standard InChI is InChI=1S/C13H11Cl2N3S/c1-8-4-5-16-12(6-8)18-13(19)17-11-7-9(14)2-3-10(11)15/h2-7H,1H3,(H2,16,17,18,19). The molecule has 19 heavy (non-hydrogen) atoms. The molecule has 1 heterocycles. The molecular formula is C13H11Cl2N3S. The van der Waals surface area contributed by atoms with Gasteiger partial charge in [0.2, 0.25) is 0 Å². The smallest absolute Gasteiger partial charge is 0.176 e. The summed E-state index contributed by atoms with van der Waals surface area (Å²) in [5, 5.41) is 7.51. The van der Waals surface area contributed by atoms with E-state index >= 15 is 0 Å². The van der Waals surface area contributed by atoms with Gasteiger partial charge in [-0.2, -0.15) is 0 Å². The lowest BCUT2D eigenvalue weighted by molar-refractivity contribution is 1.28. The Kier molecular flexibility index (Phi) is 4.58. The van der Waals surface area contributed by atoms with Crippen LogP contribution in [0.3, 0.4) is 0 Å². The van der Waals surface area contributed by atoms with Crippen LogP contribution < -0.4 is 10.6 Å². The fraction of sp³-hybridized carbons (Fsp3) is 0.0769. The van der Waals surface area contributed by atoms with Gasteiger partial charge in [0.05, 0.1) is 10.7 Å². The van der Waals surface area contributed by atoms with Gasteiger partial charge in [0, 0.05) is 11.2 Å². The molecule has 3 nitrogen and oxygen atoms in total. The van der Waals surface area contributed by atoms with Gasteiger partial charge in [0.15, 0.2) is 5.11 Å². The predicted molar refractivity (Wildman–Crippen MR) is 85.3 cm³/mol. The highest BCUT2D eigenvalue weighted by atomic mass is 35.5. The minimum atomic E-state index is 0.405. The van der Waals surface area contributed by atoms with Gasteiger partial charge >= 0.3 is 0 Å². The van der Waals surface area contributed by atoms with Crippen LogP contribution in [0.2, 0.25) is 10.0 Å². The summed E-state index contributed by atoms with van der Waals surface area (Å²) in [6, 6.07) is 8.94. The monoisotopic (exact) mass is 311 g/mol. The SMILES string of the molecule is Cc1ccnc(NC(=S)Nc2cc(Cl)ccc2Cl)c1. The van der Waals surface area contributed by atoms with Crippen LogP contribution in [-0.4, -0.2) is 10.1 Å². The summed E-state index contributed by atoms with van der Waals surface area (Å²) in [5.74, 6) is 0.677. The van der Waals surface area contributed by atoms with Crippen molar-refractivity contribution >= 4 is 52.0 Å². The lowest BCUT2D eigenvalue weighted by Crippen LogP contribution is -2.20. The first kappa shape index (κ1) is 14.1. The molecule has 0 saturated carbocycles. The predicted octanol–water partition coefficient (Wildman–Crippen LogP) is 4.51. The van der Waals surface area contributed by atoms with Gasteiger partial charge in [-0.1, -0.05) is 23.2 Å². The molecule has 0 saturated heterocycles. The molecule has 0 aliphatic rings. The van der Waals surface area contributed by atoms with Crippen LogP contribution in [0.25, 0.3) is 0 Å². The van der Waals surface area contributed by atoms with Gasteiger partial charge in [-0.05, 0) is 55.0 Å². The van der Waals surface area contributed by atoms with Crippen LogP contribution in [0.5, 0.6) is 0 Å². The zero-order chi connectivity index (χ0) is 13.8. The molecule has 0 atom stereocenters. The number of halogens is 2. The van der Waals surface area contributed by atoms with Gasteiger partial charge in [0.25, 0.3) is 0 Å². The number of thiocarbonyl (C=S) groups is 1. The van der Waals surface area contributed by atoms with Crippen molar-refractivity contribution in [3.8, 4) is 0 Å². The molecule has 98 valence electrons. The Balaban J connectivity index is 2.07. The summed E-state index contributed by atoms with van der Waals surface area (Å²) in [7, 11) is 0. The number of benzene rings is 1. The van der Waals surface area contributed by atoms with Crippen molar-refractivity contribution in [2.45, 2.75) is 6.92 Å². The summed E-state index contributed by atoms with van der Waals surface area (Å²) in [5.41, 5.74) is 1.75. The molecule has 2 N–H and O–H groups in total. The molecule has 0 aliphatic heterocycles. The van der Waals surface area contributed by atoms with E-state index in [2.05, 4.69) is 15.6 Å². The molecule has 1 aromatic heterocycles. The Hall–Kier alpha value is -1.36. The van der Waals surface area contributed by atoms with Crippen LogP contribution in [-0.2, 0) is 0 Å². The zero-order valence-corrected chi connectivity index (χ0v) is 12.4. The van der Waals surface area contributed by atoms with Gasteiger partial charge in [-0.15, -0.1) is 0 Å². The Morgan fingerprint density at radius 3 is 2.68 bits per heavy atom. The maximum absolute atomic E-state index is 6.04. The minimum absolute atomic E-state index is 0.405. The van der Waals surface area contributed by atoms with Crippen molar-refractivity contribution in [2.75, 3.05) is 10.6 Å². The second kappa shape index (κ2) is 6.19. The summed E-state index contributed by atoms with van der Waals surface area (Å²) >= 11 is 17.2. The fourth-order valence-electron chi connectivity index (χ4n) is 1.47. The Bertz CT molecular complexity index is 617. The molecule has 0 spiro atoms. The van der Waals surface area contributed by atoms with Gasteiger partial charge < -0.3 is 10.6 Å². The van der Waals surface area contributed by atoms with E-state index in [-0.39, 0.29) is 0 Å². The third-order valence-corrected chi connectivity index (χ3v) is 3.10. The highest BCUT2D eigenvalue weighted by molar-refractivity contribution is 7.80. The van der Waals surface area contributed by atoms with E-state index in [1.807, 2.05) is 19.1 Å². The van der Waals surface area contributed by atoms with Gasteiger partial charge in [-0.25, -0.2) is 4.98 Å². The van der Waals surface area contributed by atoms with E-state index in [4.69, 9.17) is 35.4 Å². The average molecular weight is 312 g/mol. The summed E-state index contributed by atoms with van der Waals surface area (Å²) in [6.07, 6.45) is 1.71. The van der Waals surface area contributed by atoms with Crippen LogP contribution >= 0.6 is 35.4 Å². The van der Waals surface area contributed by atoms with Gasteiger partial charge in [-0.3, -0.25) is 0 Å². The molecule has 0 bridgehead atoms. The van der Waals surface area contributed by atoms with Crippen LogP contribution in [0.1, 0.15) is 5.56 Å². The molecule has 0 fully saturated rings.